The highest BCUT2D eigenvalue weighted by atomic mass is 16.6. The molecule has 146 valence electrons. The molecule has 6 heteroatoms. The van der Waals surface area contributed by atoms with Crippen LogP contribution >= 0.6 is 0 Å². The summed E-state index contributed by atoms with van der Waals surface area (Å²) in [6.07, 6.45) is 11.2. The molecule has 0 aliphatic carbocycles. The van der Waals surface area contributed by atoms with E-state index in [1.54, 1.807) is 0 Å². The molecular formula is C20H34N4O2. The van der Waals surface area contributed by atoms with Gasteiger partial charge in [-0.2, -0.15) is 0 Å². The minimum Gasteiger partial charge on any atom is -0.450 e. The second-order valence-corrected chi connectivity index (χ2v) is 7.54. The van der Waals surface area contributed by atoms with Crippen molar-refractivity contribution in [3.63, 3.8) is 0 Å². The Morgan fingerprint density at radius 3 is 2.77 bits per heavy atom. The van der Waals surface area contributed by atoms with E-state index in [4.69, 9.17) is 4.74 Å². The monoisotopic (exact) mass is 362 g/mol. The number of carbonyl (C=O) groups excluding carboxylic acids is 1. The number of dihydropyridines is 1. The lowest BCUT2D eigenvalue weighted by Gasteiger charge is -2.39. The standard InChI is InChI=1S/C20H34N4O2/c1-3-26-20(25)24-12-5-6-17(10-15-24)23-13-8-16(9-14-23)18-7-4-11-22-19(18)21-2/h7,11,16-17,19,21H,3-6,8-10,12-15H2,1-2H3. The highest BCUT2D eigenvalue weighted by Crippen LogP contribution is 2.31. The first kappa shape index (κ1) is 19.4. The molecule has 2 fully saturated rings. The summed E-state index contributed by atoms with van der Waals surface area (Å²) in [7, 11) is 2.00. The first-order valence-corrected chi connectivity index (χ1v) is 10.3. The number of likely N-dealkylation sites (tertiary alicyclic amines) is 2. The van der Waals surface area contributed by atoms with E-state index in [-0.39, 0.29) is 12.3 Å². The van der Waals surface area contributed by atoms with Gasteiger partial charge in [-0.25, -0.2) is 4.79 Å². The number of nitrogens with one attached hydrogen (secondary N) is 1. The van der Waals surface area contributed by atoms with Crippen molar-refractivity contribution in [2.24, 2.45) is 10.9 Å². The van der Waals surface area contributed by atoms with Crippen molar-refractivity contribution in [2.45, 2.75) is 57.7 Å². The summed E-state index contributed by atoms with van der Waals surface area (Å²) in [6.45, 7) is 6.30. The minimum atomic E-state index is -0.144. The number of hydrogen-bond donors (Lipinski definition) is 1. The third kappa shape index (κ3) is 4.65. The third-order valence-corrected chi connectivity index (χ3v) is 6.04. The van der Waals surface area contributed by atoms with Gasteiger partial charge in [0.2, 0.25) is 0 Å². The summed E-state index contributed by atoms with van der Waals surface area (Å²) in [5.74, 6) is 0.656. The Labute approximate surface area is 157 Å². The predicted octanol–water partition coefficient (Wildman–Crippen LogP) is 2.66. The number of allylic oxidation sites excluding steroid dienone is 1. The molecule has 0 saturated carbocycles. The van der Waals surface area contributed by atoms with E-state index < -0.39 is 0 Å². The summed E-state index contributed by atoms with van der Waals surface area (Å²) in [6, 6.07) is 0.605. The first-order valence-electron chi connectivity index (χ1n) is 10.3. The Morgan fingerprint density at radius 1 is 1.23 bits per heavy atom. The summed E-state index contributed by atoms with van der Waals surface area (Å²) < 4.78 is 5.17. The average molecular weight is 363 g/mol. The zero-order chi connectivity index (χ0) is 18.4. The van der Waals surface area contributed by atoms with Gasteiger partial charge in [0, 0.05) is 31.8 Å². The van der Waals surface area contributed by atoms with Crippen LogP contribution in [0.3, 0.4) is 0 Å². The molecule has 1 N–H and O–H groups in total. The molecule has 26 heavy (non-hydrogen) atoms. The molecule has 3 aliphatic heterocycles. The molecule has 3 rings (SSSR count). The van der Waals surface area contributed by atoms with Crippen molar-refractivity contribution in [1.82, 2.24) is 15.1 Å². The maximum absolute atomic E-state index is 12.0. The molecule has 0 aromatic carbocycles. The molecule has 0 radical (unpaired) electrons. The average Bonchev–Trinajstić information content (AvgIpc) is 2.94. The van der Waals surface area contributed by atoms with Gasteiger partial charge in [-0.05, 0) is 70.7 Å². The van der Waals surface area contributed by atoms with Crippen LogP contribution < -0.4 is 5.32 Å². The van der Waals surface area contributed by atoms with E-state index in [0.717, 1.165) is 45.4 Å². The van der Waals surface area contributed by atoms with Crippen molar-refractivity contribution in [1.29, 1.82) is 0 Å². The number of likely N-dealkylation sites (N-methyl/N-ethyl adjacent to an activating group) is 1. The molecule has 3 heterocycles. The van der Waals surface area contributed by atoms with Gasteiger partial charge in [0.05, 0.1) is 6.61 Å². The van der Waals surface area contributed by atoms with Crippen LogP contribution in [0, 0.1) is 5.92 Å². The van der Waals surface area contributed by atoms with Crippen molar-refractivity contribution < 1.29 is 9.53 Å². The lowest BCUT2D eigenvalue weighted by Crippen LogP contribution is -2.44. The summed E-state index contributed by atoms with van der Waals surface area (Å²) >= 11 is 0. The summed E-state index contributed by atoms with van der Waals surface area (Å²) in [5.41, 5.74) is 1.49. The summed E-state index contributed by atoms with van der Waals surface area (Å²) in [5, 5.41) is 3.33. The van der Waals surface area contributed by atoms with Gasteiger partial charge in [-0.15, -0.1) is 0 Å². The van der Waals surface area contributed by atoms with Gasteiger partial charge in [0.25, 0.3) is 0 Å². The largest absolute Gasteiger partial charge is 0.450 e. The Kier molecular flexibility index (Phi) is 7.08. The maximum Gasteiger partial charge on any atom is 0.409 e. The Morgan fingerprint density at radius 2 is 2.04 bits per heavy atom. The van der Waals surface area contributed by atoms with E-state index in [9.17, 15) is 4.79 Å². The summed E-state index contributed by atoms with van der Waals surface area (Å²) in [4.78, 5) is 21.1. The fraction of sp³-hybridized carbons (Fsp3) is 0.800. The molecule has 0 aromatic rings. The zero-order valence-electron chi connectivity index (χ0n) is 16.3. The Hall–Kier alpha value is -1.40. The number of ether oxygens (including phenoxy) is 1. The highest BCUT2D eigenvalue weighted by molar-refractivity contribution is 5.67. The third-order valence-electron chi connectivity index (χ3n) is 6.04. The van der Waals surface area contributed by atoms with Crippen LogP contribution in [0.25, 0.3) is 0 Å². The van der Waals surface area contributed by atoms with Gasteiger partial charge >= 0.3 is 6.09 Å². The molecule has 1 amide bonds. The molecule has 0 aromatic heterocycles. The maximum atomic E-state index is 12.0. The number of aliphatic imine (C=N–C) groups is 1. The van der Waals surface area contributed by atoms with Crippen molar-refractivity contribution in [3.8, 4) is 0 Å². The number of rotatable bonds is 4. The molecule has 2 unspecified atom stereocenters. The Bertz CT molecular complexity index is 526. The molecular weight excluding hydrogens is 328 g/mol. The van der Waals surface area contributed by atoms with Gasteiger partial charge in [0.1, 0.15) is 6.17 Å². The van der Waals surface area contributed by atoms with Crippen molar-refractivity contribution in [2.75, 3.05) is 39.8 Å². The van der Waals surface area contributed by atoms with Crippen molar-refractivity contribution >= 4 is 12.3 Å². The van der Waals surface area contributed by atoms with E-state index in [1.165, 1.54) is 24.8 Å². The predicted molar refractivity (Wildman–Crippen MR) is 105 cm³/mol. The molecule has 0 spiro atoms. The van der Waals surface area contributed by atoms with Gasteiger partial charge in [-0.1, -0.05) is 6.08 Å². The lowest BCUT2D eigenvalue weighted by atomic mass is 9.85. The first-order chi connectivity index (χ1) is 12.7. The second kappa shape index (κ2) is 9.51. The van der Waals surface area contributed by atoms with E-state index in [2.05, 4.69) is 21.3 Å². The second-order valence-electron chi connectivity index (χ2n) is 7.54. The Balaban J connectivity index is 1.49. The van der Waals surface area contributed by atoms with Crippen LogP contribution in [-0.2, 0) is 4.74 Å². The smallest absolute Gasteiger partial charge is 0.409 e. The number of amides is 1. The topological polar surface area (TPSA) is 57.2 Å². The SMILES string of the molecule is CCOC(=O)N1CCCC(N2CCC(C3=CCC=NC3NC)CC2)CC1. The minimum absolute atomic E-state index is 0.144. The molecule has 6 nitrogen and oxygen atoms in total. The van der Waals surface area contributed by atoms with E-state index in [0.29, 0.717) is 18.6 Å². The quantitative estimate of drug-likeness (QED) is 0.781. The molecule has 0 bridgehead atoms. The molecule has 2 atom stereocenters. The highest BCUT2D eigenvalue weighted by Gasteiger charge is 2.31. The van der Waals surface area contributed by atoms with Gasteiger partial charge in [0.15, 0.2) is 0 Å². The zero-order valence-corrected chi connectivity index (χ0v) is 16.3. The van der Waals surface area contributed by atoms with Crippen molar-refractivity contribution in [3.05, 3.63) is 11.6 Å². The van der Waals surface area contributed by atoms with Gasteiger partial charge in [-0.3, -0.25) is 10.3 Å². The van der Waals surface area contributed by atoms with Crippen LogP contribution in [-0.4, -0.2) is 74.1 Å². The van der Waals surface area contributed by atoms with E-state index in [1.807, 2.05) is 25.1 Å². The molecule has 2 saturated heterocycles. The van der Waals surface area contributed by atoms with Crippen LogP contribution in [0.2, 0.25) is 0 Å². The fourth-order valence-electron chi connectivity index (χ4n) is 4.62. The normalized spacial score (nSPS) is 28.5. The fourth-order valence-corrected chi connectivity index (χ4v) is 4.62. The number of hydrogen-bond acceptors (Lipinski definition) is 5. The van der Waals surface area contributed by atoms with Gasteiger partial charge < -0.3 is 14.5 Å². The lowest BCUT2D eigenvalue weighted by molar-refractivity contribution is 0.104. The van der Waals surface area contributed by atoms with Crippen LogP contribution in [0.5, 0.6) is 0 Å². The van der Waals surface area contributed by atoms with Crippen LogP contribution in [0.4, 0.5) is 4.79 Å². The molecule has 3 aliphatic rings. The van der Waals surface area contributed by atoms with Crippen LogP contribution in [0.1, 0.15) is 45.4 Å². The van der Waals surface area contributed by atoms with Crippen LogP contribution in [0.15, 0.2) is 16.6 Å². The number of piperidine rings is 1. The number of nitrogens with zero attached hydrogens (tertiary/aromatic N) is 3. The van der Waals surface area contributed by atoms with E-state index >= 15 is 0 Å². The number of carbonyl (C=O) groups is 1.